The minimum absolute atomic E-state index is 0.0279. The van der Waals surface area contributed by atoms with Gasteiger partial charge in [0.05, 0.1) is 12.7 Å². The zero-order valence-corrected chi connectivity index (χ0v) is 9.65. The second kappa shape index (κ2) is 6.80. The van der Waals surface area contributed by atoms with E-state index >= 15 is 0 Å². The molecule has 0 saturated carbocycles. The molecule has 2 unspecified atom stereocenters. The molecule has 94 valence electrons. The van der Waals surface area contributed by atoms with E-state index < -0.39 is 6.10 Å². The van der Waals surface area contributed by atoms with Crippen LogP contribution in [0.3, 0.4) is 0 Å². The molecule has 1 amide bonds. The van der Waals surface area contributed by atoms with Gasteiger partial charge in [-0.25, -0.2) is 0 Å². The number of rotatable bonds is 5. The summed E-state index contributed by atoms with van der Waals surface area (Å²) in [4.78, 5) is 13.6. The van der Waals surface area contributed by atoms with Gasteiger partial charge in [-0.15, -0.1) is 0 Å². The van der Waals surface area contributed by atoms with Crippen LogP contribution in [0.4, 0.5) is 0 Å². The molecular weight excluding hydrogens is 210 g/mol. The number of aliphatic hydroxyl groups excluding tert-OH is 2. The van der Waals surface area contributed by atoms with E-state index in [1.54, 1.807) is 0 Å². The summed E-state index contributed by atoms with van der Waals surface area (Å²) in [6.07, 6.45) is -0.782. The number of nitrogens with one attached hydrogen (secondary N) is 2. The molecule has 0 aromatic carbocycles. The molecule has 16 heavy (non-hydrogen) atoms. The van der Waals surface area contributed by atoms with Crippen molar-refractivity contribution in [2.45, 2.75) is 19.1 Å². The smallest absolute Gasteiger partial charge is 0.238 e. The number of carbonyl (C=O) groups excluding carboxylic acids is 1. The molecule has 0 aromatic rings. The Morgan fingerprint density at radius 2 is 2.44 bits per heavy atom. The standard InChI is InChI=1S/C10H21N3O3/c1-2-12-10(16)9-5-11-3-4-13(9)6-8(15)7-14/h8-9,11,14-15H,2-7H2,1H3,(H,12,16). The molecule has 1 fully saturated rings. The van der Waals surface area contributed by atoms with Crippen molar-refractivity contribution < 1.29 is 15.0 Å². The highest BCUT2D eigenvalue weighted by Gasteiger charge is 2.29. The van der Waals surface area contributed by atoms with Crippen LogP contribution in [0.5, 0.6) is 0 Å². The average molecular weight is 231 g/mol. The molecule has 1 heterocycles. The lowest BCUT2D eigenvalue weighted by Gasteiger charge is -2.35. The fourth-order valence-electron chi connectivity index (χ4n) is 1.84. The lowest BCUT2D eigenvalue weighted by Crippen LogP contribution is -2.59. The topological polar surface area (TPSA) is 84.8 Å². The van der Waals surface area contributed by atoms with Crippen molar-refractivity contribution in [3.05, 3.63) is 0 Å². The van der Waals surface area contributed by atoms with Gasteiger partial charge in [0.25, 0.3) is 0 Å². The fraction of sp³-hybridized carbons (Fsp3) is 0.900. The molecule has 0 bridgehead atoms. The van der Waals surface area contributed by atoms with Crippen LogP contribution in [-0.2, 0) is 4.79 Å². The summed E-state index contributed by atoms with van der Waals surface area (Å²) in [5.41, 5.74) is 0. The van der Waals surface area contributed by atoms with Crippen molar-refractivity contribution in [1.82, 2.24) is 15.5 Å². The van der Waals surface area contributed by atoms with E-state index in [0.717, 1.165) is 6.54 Å². The Bertz CT molecular complexity index is 225. The number of hydrogen-bond acceptors (Lipinski definition) is 5. The number of hydrogen-bond donors (Lipinski definition) is 4. The van der Waals surface area contributed by atoms with Crippen LogP contribution in [-0.4, -0.2) is 72.5 Å². The quantitative estimate of drug-likeness (QED) is 0.429. The highest BCUT2D eigenvalue weighted by atomic mass is 16.3. The number of amides is 1. The first-order valence-corrected chi connectivity index (χ1v) is 5.70. The van der Waals surface area contributed by atoms with Gasteiger partial charge in [0, 0.05) is 32.7 Å². The van der Waals surface area contributed by atoms with E-state index in [1.807, 2.05) is 11.8 Å². The molecule has 2 atom stereocenters. The zero-order valence-electron chi connectivity index (χ0n) is 9.65. The molecule has 6 nitrogen and oxygen atoms in total. The third-order valence-electron chi connectivity index (χ3n) is 2.66. The summed E-state index contributed by atoms with van der Waals surface area (Å²) in [7, 11) is 0. The Morgan fingerprint density at radius 3 is 3.06 bits per heavy atom. The van der Waals surface area contributed by atoms with Crippen molar-refractivity contribution in [2.75, 3.05) is 39.3 Å². The molecule has 1 rings (SSSR count). The van der Waals surface area contributed by atoms with Crippen LogP contribution in [0.25, 0.3) is 0 Å². The first-order valence-electron chi connectivity index (χ1n) is 5.70. The highest BCUT2D eigenvalue weighted by Crippen LogP contribution is 2.04. The minimum atomic E-state index is -0.782. The third-order valence-corrected chi connectivity index (χ3v) is 2.66. The Labute approximate surface area is 95.6 Å². The van der Waals surface area contributed by atoms with Gasteiger partial charge >= 0.3 is 0 Å². The van der Waals surface area contributed by atoms with Crippen LogP contribution >= 0.6 is 0 Å². The van der Waals surface area contributed by atoms with Crippen LogP contribution in [0.2, 0.25) is 0 Å². The Morgan fingerprint density at radius 1 is 1.69 bits per heavy atom. The van der Waals surface area contributed by atoms with Crippen molar-refractivity contribution >= 4 is 5.91 Å². The van der Waals surface area contributed by atoms with Crippen molar-refractivity contribution in [3.63, 3.8) is 0 Å². The molecule has 4 N–H and O–H groups in total. The lowest BCUT2D eigenvalue weighted by atomic mass is 10.1. The van der Waals surface area contributed by atoms with Gasteiger partial charge in [0.1, 0.15) is 6.04 Å². The van der Waals surface area contributed by atoms with E-state index in [0.29, 0.717) is 26.2 Å². The first-order chi connectivity index (χ1) is 7.69. The summed E-state index contributed by atoms with van der Waals surface area (Å²) in [5.74, 6) is -0.0279. The first kappa shape index (κ1) is 13.4. The number of carbonyl (C=O) groups is 1. The highest BCUT2D eigenvalue weighted by molar-refractivity contribution is 5.82. The van der Waals surface area contributed by atoms with Gasteiger partial charge in [-0.05, 0) is 6.92 Å². The summed E-state index contributed by atoms with van der Waals surface area (Å²) in [6, 6.07) is -0.255. The largest absolute Gasteiger partial charge is 0.394 e. The molecule has 0 radical (unpaired) electrons. The Kier molecular flexibility index (Phi) is 5.68. The zero-order chi connectivity index (χ0) is 12.0. The number of aliphatic hydroxyl groups is 2. The van der Waals surface area contributed by atoms with E-state index in [4.69, 9.17) is 5.11 Å². The van der Waals surface area contributed by atoms with Crippen molar-refractivity contribution in [1.29, 1.82) is 0 Å². The Hall–Kier alpha value is -0.690. The van der Waals surface area contributed by atoms with E-state index in [-0.39, 0.29) is 18.6 Å². The summed E-state index contributed by atoms with van der Waals surface area (Å²) in [5, 5.41) is 24.1. The third kappa shape index (κ3) is 3.71. The number of likely N-dealkylation sites (N-methyl/N-ethyl adjacent to an activating group) is 1. The van der Waals surface area contributed by atoms with Gasteiger partial charge in [0.15, 0.2) is 0 Å². The van der Waals surface area contributed by atoms with E-state index in [1.165, 1.54) is 0 Å². The van der Waals surface area contributed by atoms with Gasteiger partial charge < -0.3 is 20.8 Å². The Balaban J connectivity index is 2.52. The van der Waals surface area contributed by atoms with Crippen LogP contribution in [0, 0.1) is 0 Å². The second-order valence-electron chi connectivity index (χ2n) is 3.95. The molecule has 0 aliphatic carbocycles. The van der Waals surface area contributed by atoms with Crippen molar-refractivity contribution in [3.8, 4) is 0 Å². The normalized spacial score (nSPS) is 24.1. The average Bonchev–Trinajstić information content (AvgIpc) is 2.30. The predicted octanol–water partition coefficient (Wildman–Crippen LogP) is -2.25. The van der Waals surface area contributed by atoms with Gasteiger partial charge in [-0.1, -0.05) is 0 Å². The SMILES string of the molecule is CCNC(=O)C1CNCCN1CC(O)CO. The van der Waals surface area contributed by atoms with Gasteiger partial charge in [-0.2, -0.15) is 0 Å². The summed E-state index contributed by atoms with van der Waals surface area (Å²) < 4.78 is 0. The maximum atomic E-state index is 11.7. The molecule has 0 spiro atoms. The number of β-amino-alcohol motifs (C(OH)–C–C–N with tert-alkyl or cyclic N) is 1. The van der Waals surface area contributed by atoms with E-state index in [9.17, 15) is 9.90 Å². The fourth-order valence-corrected chi connectivity index (χ4v) is 1.84. The molecule has 0 aromatic heterocycles. The molecular formula is C10H21N3O3. The lowest BCUT2D eigenvalue weighted by molar-refractivity contribution is -0.127. The maximum Gasteiger partial charge on any atom is 0.238 e. The van der Waals surface area contributed by atoms with E-state index in [2.05, 4.69) is 10.6 Å². The predicted molar refractivity (Wildman–Crippen MR) is 60.0 cm³/mol. The summed E-state index contributed by atoms with van der Waals surface area (Å²) >= 11 is 0. The van der Waals surface area contributed by atoms with Crippen LogP contribution in [0.15, 0.2) is 0 Å². The van der Waals surface area contributed by atoms with Crippen LogP contribution in [0.1, 0.15) is 6.92 Å². The number of nitrogens with zero attached hydrogens (tertiary/aromatic N) is 1. The number of piperazine rings is 1. The monoisotopic (exact) mass is 231 g/mol. The van der Waals surface area contributed by atoms with Crippen LogP contribution < -0.4 is 10.6 Å². The molecule has 1 aliphatic rings. The summed E-state index contributed by atoms with van der Waals surface area (Å²) in [6.45, 7) is 4.63. The van der Waals surface area contributed by atoms with Crippen molar-refractivity contribution in [2.24, 2.45) is 0 Å². The maximum absolute atomic E-state index is 11.7. The second-order valence-corrected chi connectivity index (χ2v) is 3.95. The van der Waals surface area contributed by atoms with Gasteiger partial charge in [0.2, 0.25) is 5.91 Å². The van der Waals surface area contributed by atoms with Gasteiger partial charge in [-0.3, -0.25) is 9.69 Å². The molecule has 1 aliphatic heterocycles. The minimum Gasteiger partial charge on any atom is -0.394 e. The molecule has 6 heteroatoms. The molecule has 1 saturated heterocycles.